The Labute approximate surface area is 154 Å². The van der Waals surface area contributed by atoms with Crippen molar-refractivity contribution in [3.8, 4) is 5.75 Å². The number of amides is 1. The van der Waals surface area contributed by atoms with E-state index in [2.05, 4.69) is 9.72 Å². The first-order valence-electron chi connectivity index (χ1n) is 8.23. The molecule has 0 aliphatic heterocycles. The fourth-order valence-corrected chi connectivity index (χ4v) is 2.77. The van der Waals surface area contributed by atoms with E-state index < -0.39 is 6.36 Å². The van der Waals surface area contributed by atoms with Gasteiger partial charge < -0.3 is 9.64 Å². The predicted octanol–water partition coefficient (Wildman–Crippen LogP) is 4.33. The number of halogens is 3. The van der Waals surface area contributed by atoms with Crippen molar-refractivity contribution in [2.24, 2.45) is 0 Å². The van der Waals surface area contributed by atoms with Gasteiger partial charge in [0.2, 0.25) is 5.91 Å². The maximum atomic E-state index is 12.5. The zero-order valence-electron chi connectivity index (χ0n) is 14.5. The Morgan fingerprint density at radius 1 is 1.07 bits per heavy atom. The van der Waals surface area contributed by atoms with Crippen LogP contribution in [0.2, 0.25) is 0 Å². The number of para-hydroxylation sites is 1. The van der Waals surface area contributed by atoms with E-state index in [1.807, 2.05) is 30.3 Å². The molecule has 0 fully saturated rings. The largest absolute Gasteiger partial charge is 0.573 e. The molecule has 0 unspecified atom stereocenters. The lowest BCUT2D eigenvalue weighted by Gasteiger charge is -2.18. The molecule has 3 aromatic rings. The van der Waals surface area contributed by atoms with Crippen LogP contribution in [0.25, 0.3) is 10.9 Å². The molecule has 4 nitrogen and oxygen atoms in total. The van der Waals surface area contributed by atoms with Gasteiger partial charge in [0.25, 0.3) is 0 Å². The van der Waals surface area contributed by atoms with Gasteiger partial charge in [-0.2, -0.15) is 0 Å². The Balaban J connectivity index is 1.65. The molecule has 140 valence electrons. The van der Waals surface area contributed by atoms with Crippen molar-refractivity contribution in [1.82, 2.24) is 9.88 Å². The van der Waals surface area contributed by atoms with Crippen LogP contribution < -0.4 is 4.74 Å². The topological polar surface area (TPSA) is 42.4 Å². The summed E-state index contributed by atoms with van der Waals surface area (Å²) in [6.45, 7) is 0.281. The molecular weight excluding hydrogens is 357 g/mol. The Morgan fingerprint density at radius 2 is 1.78 bits per heavy atom. The van der Waals surface area contributed by atoms with Crippen LogP contribution in [-0.2, 0) is 17.8 Å². The fraction of sp³-hybridized carbons (Fsp3) is 0.200. The lowest BCUT2D eigenvalue weighted by molar-refractivity contribution is -0.274. The van der Waals surface area contributed by atoms with Crippen LogP contribution in [0.3, 0.4) is 0 Å². The minimum absolute atomic E-state index is 0.108. The van der Waals surface area contributed by atoms with Gasteiger partial charge in [-0.3, -0.25) is 9.78 Å². The molecule has 0 aliphatic carbocycles. The fourth-order valence-electron chi connectivity index (χ4n) is 2.77. The minimum atomic E-state index is -4.72. The number of likely N-dealkylation sites (N-methyl/N-ethyl adjacent to an activating group) is 1. The number of rotatable bonds is 5. The second kappa shape index (κ2) is 7.65. The molecule has 0 spiro atoms. The van der Waals surface area contributed by atoms with Gasteiger partial charge in [0.15, 0.2) is 0 Å². The summed E-state index contributed by atoms with van der Waals surface area (Å²) in [5, 5.41) is 0.964. The lowest BCUT2D eigenvalue weighted by atomic mass is 10.1. The third-order valence-electron chi connectivity index (χ3n) is 4.06. The Morgan fingerprint density at radius 3 is 2.48 bits per heavy atom. The molecule has 7 heteroatoms. The van der Waals surface area contributed by atoms with Gasteiger partial charge in [-0.05, 0) is 29.3 Å². The molecule has 0 saturated carbocycles. The van der Waals surface area contributed by atoms with E-state index in [1.165, 1.54) is 29.2 Å². The summed E-state index contributed by atoms with van der Waals surface area (Å²) in [4.78, 5) is 18.4. The zero-order chi connectivity index (χ0) is 19.4. The maximum Gasteiger partial charge on any atom is 0.573 e. The number of alkyl halides is 3. The van der Waals surface area contributed by atoms with E-state index in [1.54, 1.807) is 13.2 Å². The highest BCUT2D eigenvalue weighted by molar-refractivity contribution is 5.87. The van der Waals surface area contributed by atoms with Gasteiger partial charge in [0, 0.05) is 25.2 Å². The molecule has 1 aromatic heterocycles. The van der Waals surface area contributed by atoms with Crippen LogP contribution in [0.1, 0.15) is 11.1 Å². The summed E-state index contributed by atoms with van der Waals surface area (Å²) in [5.74, 6) is -0.397. The minimum Gasteiger partial charge on any atom is -0.406 e. The van der Waals surface area contributed by atoms with Crippen molar-refractivity contribution in [2.75, 3.05) is 7.05 Å². The molecule has 0 aliphatic rings. The average molecular weight is 374 g/mol. The van der Waals surface area contributed by atoms with Gasteiger partial charge in [0.1, 0.15) is 5.75 Å². The predicted molar refractivity (Wildman–Crippen MR) is 95.0 cm³/mol. The van der Waals surface area contributed by atoms with Crippen LogP contribution in [0.4, 0.5) is 13.2 Å². The third-order valence-corrected chi connectivity index (χ3v) is 4.06. The zero-order valence-corrected chi connectivity index (χ0v) is 14.5. The van der Waals surface area contributed by atoms with E-state index in [9.17, 15) is 18.0 Å². The monoisotopic (exact) mass is 374 g/mol. The number of carbonyl (C=O) groups is 1. The number of hydrogen-bond donors (Lipinski definition) is 0. The van der Waals surface area contributed by atoms with Gasteiger partial charge >= 0.3 is 6.36 Å². The highest BCUT2D eigenvalue weighted by Gasteiger charge is 2.30. The molecule has 3 rings (SSSR count). The standard InChI is InChI=1S/C20H17F3N2O2/c1-25(13-14-7-9-17(10-8-14)27-20(21,22)23)18(26)12-16-5-2-4-15-6-3-11-24-19(15)16/h2-11H,12-13H2,1H3. The number of hydrogen-bond acceptors (Lipinski definition) is 3. The maximum absolute atomic E-state index is 12.5. The molecule has 0 atom stereocenters. The summed E-state index contributed by atoms with van der Waals surface area (Å²) >= 11 is 0. The summed E-state index contributed by atoms with van der Waals surface area (Å²) in [6.07, 6.45) is -2.84. The van der Waals surface area contributed by atoms with Crippen LogP contribution in [0, 0.1) is 0 Å². The van der Waals surface area contributed by atoms with E-state index in [0.29, 0.717) is 5.56 Å². The van der Waals surface area contributed by atoms with E-state index >= 15 is 0 Å². The second-order valence-corrected chi connectivity index (χ2v) is 6.11. The summed E-state index contributed by atoms with van der Waals surface area (Å²) in [5.41, 5.74) is 2.32. The van der Waals surface area contributed by atoms with Crippen LogP contribution >= 0.6 is 0 Å². The van der Waals surface area contributed by atoms with Crippen molar-refractivity contribution in [1.29, 1.82) is 0 Å². The third kappa shape index (κ3) is 4.97. The first-order chi connectivity index (χ1) is 12.8. The second-order valence-electron chi connectivity index (χ2n) is 6.11. The average Bonchev–Trinajstić information content (AvgIpc) is 2.62. The molecular formula is C20H17F3N2O2. The van der Waals surface area contributed by atoms with E-state index in [-0.39, 0.29) is 24.6 Å². The van der Waals surface area contributed by atoms with Crippen molar-refractivity contribution in [2.45, 2.75) is 19.3 Å². The Bertz CT molecular complexity index is 935. The van der Waals surface area contributed by atoms with Crippen LogP contribution in [0.5, 0.6) is 5.75 Å². The number of ether oxygens (including phenoxy) is 1. The summed E-state index contributed by atoms with van der Waals surface area (Å²) < 4.78 is 40.4. The van der Waals surface area contributed by atoms with E-state index in [0.717, 1.165) is 16.5 Å². The van der Waals surface area contributed by atoms with Crippen LogP contribution in [-0.4, -0.2) is 29.2 Å². The van der Waals surface area contributed by atoms with Crippen molar-refractivity contribution in [3.63, 3.8) is 0 Å². The molecule has 1 amide bonds. The number of pyridine rings is 1. The van der Waals surface area contributed by atoms with Gasteiger partial charge in [-0.1, -0.05) is 36.4 Å². The highest BCUT2D eigenvalue weighted by Crippen LogP contribution is 2.23. The summed E-state index contributed by atoms with van der Waals surface area (Å²) in [7, 11) is 1.65. The first-order valence-corrected chi connectivity index (χ1v) is 8.23. The SMILES string of the molecule is CN(Cc1ccc(OC(F)(F)F)cc1)C(=O)Cc1cccc2cccnc12. The van der Waals surface area contributed by atoms with Crippen molar-refractivity contribution < 1.29 is 22.7 Å². The number of benzene rings is 2. The number of nitrogens with zero attached hydrogens (tertiary/aromatic N) is 2. The van der Waals surface area contributed by atoms with E-state index in [4.69, 9.17) is 0 Å². The summed E-state index contributed by atoms with van der Waals surface area (Å²) in [6, 6.07) is 14.9. The Kier molecular flexibility index (Phi) is 5.30. The first kappa shape index (κ1) is 18.7. The molecule has 2 aromatic carbocycles. The normalized spacial score (nSPS) is 11.4. The smallest absolute Gasteiger partial charge is 0.406 e. The molecule has 0 N–H and O–H groups in total. The molecule has 27 heavy (non-hydrogen) atoms. The quantitative estimate of drug-likeness (QED) is 0.667. The van der Waals surface area contributed by atoms with Gasteiger partial charge in [-0.25, -0.2) is 0 Å². The molecule has 1 heterocycles. The number of aromatic nitrogens is 1. The molecule has 0 saturated heterocycles. The molecule has 0 radical (unpaired) electrons. The van der Waals surface area contributed by atoms with Gasteiger partial charge in [-0.15, -0.1) is 13.2 Å². The van der Waals surface area contributed by atoms with Crippen molar-refractivity contribution in [3.05, 3.63) is 71.9 Å². The highest BCUT2D eigenvalue weighted by atomic mass is 19.4. The van der Waals surface area contributed by atoms with Crippen molar-refractivity contribution >= 4 is 16.8 Å². The van der Waals surface area contributed by atoms with Gasteiger partial charge in [0.05, 0.1) is 11.9 Å². The van der Waals surface area contributed by atoms with Crippen LogP contribution in [0.15, 0.2) is 60.8 Å². The number of fused-ring (bicyclic) bond motifs is 1. The lowest BCUT2D eigenvalue weighted by Crippen LogP contribution is -2.27. The Hall–Kier alpha value is -3.09. The number of carbonyl (C=O) groups excluding carboxylic acids is 1. The molecule has 0 bridgehead atoms.